The highest BCUT2D eigenvalue weighted by atomic mass is 32.1. The van der Waals surface area contributed by atoms with Crippen LogP contribution in [0.15, 0.2) is 40.5 Å². The Labute approximate surface area is 334 Å². The Morgan fingerprint density at radius 3 is 2.40 bits per heavy atom. The van der Waals surface area contributed by atoms with E-state index < -0.39 is 64.5 Å². The van der Waals surface area contributed by atoms with Crippen molar-refractivity contribution in [1.29, 1.82) is 0 Å². The lowest BCUT2D eigenvalue weighted by Crippen LogP contribution is -2.58. The van der Waals surface area contributed by atoms with Crippen molar-refractivity contribution < 1.29 is 59.3 Å². The van der Waals surface area contributed by atoms with E-state index in [9.17, 15) is 49.9 Å². The Kier molecular flexibility index (Phi) is 13.0. The molecule has 314 valence electrons. The van der Waals surface area contributed by atoms with E-state index in [4.69, 9.17) is 9.47 Å². The number of rotatable bonds is 12. The second-order valence-electron chi connectivity index (χ2n) is 14.3. The molecule has 6 rings (SSSR count). The molecule has 2 fully saturated rings. The molecule has 0 saturated carbocycles. The second kappa shape index (κ2) is 17.4. The minimum absolute atomic E-state index is 0.0647. The van der Waals surface area contributed by atoms with Crippen LogP contribution in [0.25, 0.3) is 10.2 Å². The quantitative estimate of drug-likeness (QED) is 0.0726. The number of hydrogen-bond acceptors (Lipinski definition) is 12. The predicted molar refractivity (Wildman–Crippen MR) is 197 cm³/mol. The molecule has 58 heavy (non-hydrogen) atoms. The van der Waals surface area contributed by atoms with E-state index in [-0.39, 0.29) is 35.1 Å². The summed E-state index contributed by atoms with van der Waals surface area (Å²) in [6.45, 7) is 6.69. The zero-order valence-corrected chi connectivity index (χ0v) is 32.7. The number of aromatic nitrogens is 2. The van der Waals surface area contributed by atoms with Gasteiger partial charge in [-0.25, -0.2) is 19.0 Å². The van der Waals surface area contributed by atoms with Crippen molar-refractivity contribution in [2.75, 3.05) is 45.9 Å². The number of morpholine rings is 1. The molecule has 21 heteroatoms. The fourth-order valence-corrected chi connectivity index (χ4v) is 8.58. The van der Waals surface area contributed by atoms with Crippen molar-refractivity contribution in [2.45, 2.75) is 69.6 Å². The maximum absolute atomic E-state index is 14.8. The topological polar surface area (TPSA) is 143 Å². The van der Waals surface area contributed by atoms with Gasteiger partial charge in [-0.15, -0.1) is 11.3 Å². The number of fused-ring (bicyclic) bond motifs is 1. The van der Waals surface area contributed by atoms with E-state index in [2.05, 4.69) is 24.9 Å². The summed E-state index contributed by atoms with van der Waals surface area (Å²) >= 11 is 1.87. The molecule has 0 unspecified atom stereocenters. The van der Waals surface area contributed by atoms with Gasteiger partial charge in [0.15, 0.2) is 5.75 Å². The Morgan fingerprint density at radius 2 is 1.72 bits per heavy atom. The van der Waals surface area contributed by atoms with E-state index >= 15 is 0 Å². The average Bonchev–Trinajstić information content (AvgIpc) is 3.81. The van der Waals surface area contributed by atoms with Gasteiger partial charge in [-0.05, 0) is 61.2 Å². The summed E-state index contributed by atoms with van der Waals surface area (Å²) < 4.78 is 108. The van der Waals surface area contributed by atoms with Gasteiger partial charge in [-0.1, -0.05) is 31.3 Å². The molecule has 1 amide bonds. The molecule has 2 aromatic carbocycles. The van der Waals surface area contributed by atoms with Gasteiger partial charge < -0.3 is 29.4 Å². The maximum Gasteiger partial charge on any atom is 0.491 e. The first-order valence-electron chi connectivity index (χ1n) is 18.1. The fourth-order valence-electron chi connectivity index (χ4n) is 6.87. The van der Waals surface area contributed by atoms with Crippen LogP contribution in [0, 0.1) is 5.82 Å². The molecule has 2 aliphatic rings. The normalized spacial score (nSPS) is 16.9. The summed E-state index contributed by atoms with van der Waals surface area (Å²) in [4.78, 5) is 58.6. The predicted octanol–water partition coefficient (Wildman–Crippen LogP) is 6.26. The molecule has 12 nitrogen and oxygen atoms in total. The van der Waals surface area contributed by atoms with Crippen LogP contribution in [0.3, 0.4) is 0 Å². The third-order valence-corrected chi connectivity index (χ3v) is 11.8. The van der Waals surface area contributed by atoms with Crippen molar-refractivity contribution in [3.63, 3.8) is 0 Å². The summed E-state index contributed by atoms with van der Waals surface area (Å²) in [7, 11) is 0. The summed E-state index contributed by atoms with van der Waals surface area (Å²) in [5.74, 6) is -6.26. The summed E-state index contributed by atoms with van der Waals surface area (Å²) in [5, 5.41) is 5.56. The minimum atomic E-state index is -5.40. The Morgan fingerprint density at radius 1 is 1.02 bits per heavy atom. The number of hydrogen-bond donors (Lipinski definition) is 2. The van der Waals surface area contributed by atoms with Crippen LogP contribution in [0.1, 0.15) is 70.9 Å². The zero-order chi connectivity index (χ0) is 42.0. The van der Waals surface area contributed by atoms with Gasteiger partial charge >= 0.3 is 29.2 Å². The lowest BCUT2D eigenvalue weighted by Gasteiger charge is -2.47. The first kappa shape index (κ1) is 43.1. The molecule has 2 aliphatic heterocycles. The number of carbonyl (C=O) groups excluding carboxylic acids is 3. The number of alkyl halides is 6. The largest absolute Gasteiger partial charge is 0.491 e. The van der Waals surface area contributed by atoms with E-state index in [1.165, 1.54) is 23.5 Å². The van der Waals surface area contributed by atoms with Crippen molar-refractivity contribution in [2.24, 2.45) is 0 Å². The lowest BCUT2D eigenvalue weighted by atomic mass is 9.89. The highest BCUT2D eigenvalue weighted by molar-refractivity contribution is 7.16. The summed E-state index contributed by atoms with van der Waals surface area (Å²) in [6, 6.07) is 6.34. The fraction of sp³-hybridized carbons (Fsp3) is 0.486. The number of aromatic amines is 1. The second-order valence-corrected chi connectivity index (χ2v) is 16.2. The maximum atomic E-state index is 14.8. The number of piperidine rings is 1. The van der Waals surface area contributed by atoms with Crippen LogP contribution in [0.5, 0.6) is 5.75 Å². The molecular weight excluding hydrogens is 824 g/mol. The molecule has 2 saturated heterocycles. The molecule has 2 aromatic heterocycles. The SMILES string of the molecule is CC(C)c1nc(C(=O)N2CCOC3(CCN(Cc4cc(F)cc(CCNC[C@H](OC(=O)C(F)(F)F)c5ccc(OC(=O)C(F)(F)F)c6[nH]c(=O)sc56)c4)CC3)C2)cs1. The molecular formula is C37H38F7N5O7S2. The van der Waals surface area contributed by atoms with Gasteiger partial charge in [0.25, 0.3) is 5.91 Å². The van der Waals surface area contributed by atoms with Gasteiger partial charge in [0, 0.05) is 49.6 Å². The molecule has 0 radical (unpaired) electrons. The summed E-state index contributed by atoms with van der Waals surface area (Å²) in [6.07, 6.45) is -11.0. The summed E-state index contributed by atoms with van der Waals surface area (Å²) in [5.41, 5.74) is 0.598. The van der Waals surface area contributed by atoms with Crippen LogP contribution in [0.4, 0.5) is 30.7 Å². The molecule has 2 N–H and O–H groups in total. The number of nitrogens with zero attached hydrogens (tertiary/aromatic N) is 3. The number of carbonyl (C=O) groups is 3. The molecule has 0 aliphatic carbocycles. The van der Waals surface area contributed by atoms with E-state index in [1.54, 1.807) is 16.3 Å². The van der Waals surface area contributed by atoms with E-state index in [0.717, 1.165) is 17.1 Å². The number of likely N-dealkylation sites (tertiary alicyclic amines) is 1. The van der Waals surface area contributed by atoms with Crippen LogP contribution in [0.2, 0.25) is 0 Å². The highest BCUT2D eigenvalue weighted by Crippen LogP contribution is 2.36. The molecule has 4 heterocycles. The van der Waals surface area contributed by atoms with Crippen molar-refractivity contribution in [1.82, 2.24) is 25.1 Å². The van der Waals surface area contributed by atoms with Crippen molar-refractivity contribution in [3.05, 3.63) is 78.6 Å². The molecule has 1 spiro atoms. The Bertz CT molecular complexity index is 2200. The van der Waals surface area contributed by atoms with Crippen LogP contribution >= 0.6 is 22.7 Å². The third kappa shape index (κ3) is 10.4. The monoisotopic (exact) mass is 861 g/mol. The van der Waals surface area contributed by atoms with Gasteiger partial charge in [0.2, 0.25) is 0 Å². The number of amides is 1. The average molecular weight is 862 g/mol. The lowest BCUT2D eigenvalue weighted by molar-refractivity contribution is -0.205. The number of esters is 2. The first-order chi connectivity index (χ1) is 27.3. The van der Waals surface area contributed by atoms with E-state index in [0.29, 0.717) is 80.3 Å². The first-order valence-corrected chi connectivity index (χ1v) is 19.8. The number of benzene rings is 2. The van der Waals surface area contributed by atoms with Gasteiger partial charge in [-0.3, -0.25) is 14.5 Å². The number of H-pyrrole nitrogens is 1. The minimum Gasteiger partial charge on any atom is -0.449 e. The van der Waals surface area contributed by atoms with E-state index in [1.807, 2.05) is 13.8 Å². The van der Waals surface area contributed by atoms with Crippen LogP contribution in [-0.4, -0.2) is 101 Å². The number of halogens is 7. The van der Waals surface area contributed by atoms with Gasteiger partial charge in [0.1, 0.15) is 23.1 Å². The van der Waals surface area contributed by atoms with Crippen LogP contribution < -0.4 is 14.9 Å². The van der Waals surface area contributed by atoms with Gasteiger partial charge in [0.05, 0.1) is 28.5 Å². The number of thiazole rings is 2. The third-order valence-electron chi connectivity index (χ3n) is 9.72. The molecule has 1 atom stereocenters. The van der Waals surface area contributed by atoms with Crippen molar-refractivity contribution >= 4 is 50.7 Å². The Hall–Kier alpha value is -4.44. The van der Waals surface area contributed by atoms with Gasteiger partial charge in [-0.2, -0.15) is 26.3 Å². The highest BCUT2D eigenvalue weighted by Gasteiger charge is 2.44. The van der Waals surface area contributed by atoms with Crippen LogP contribution in [-0.2, 0) is 32.0 Å². The molecule has 4 aromatic rings. The Balaban J connectivity index is 1.06. The van der Waals surface area contributed by atoms with Crippen molar-refractivity contribution in [3.8, 4) is 5.75 Å². The zero-order valence-electron chi connectivity index (χ0n) is 31.1. The molecule has 0 bridgehead atoms. The number of ether oxygens (including phenoxy) is 3. The number of nitrogens with one attached hydrogen (secondary N) is 2. The smallest absolute Gasteiger partial charge is 0.449 e. The standard InChI is InChI=1S/C37H38F7N5O7S2/c1-20(2)30-46-25(18-57-30)31(50)49-11-12-54-35(19-49)6-9-48(10-7-35)17-22-13-21(14-23(38)15-22)5-8-45-16-27(56-33(52)37(42,43)44)24-3-4-26(55-32(51)36(39,40)41)28-29(24)58-34(53)47-28/h3-4,13-15,18,20,27,45H,5-12,16-17,19H2,1-2H3,(H,47,53)/t27-/m0/s1.